The van der Waals surface area contributed by atoms with Crippen LogP contribution < -0.4 is 10.6 Å². The number of nitrogens with one attached hydrogen (secondary N) is 2. The highest BCUT2D eigenvalue weighted by Gasteiger charge is 2.18. The second-order valence-corrected chi connectivity index (χ2v) is 5.66. The van der Waals surface area contributed by atoms with Crippen LogP contribution in [0.5, 0.6) is 0 Å². The highest BCUT2D eigenvalue weighted by Crippen LogP contribution is 2.20. The second-order valence-electron chi connectivity index (χ2n) is 5.66. The van der Waals surface area contributed by atoms with Crippen LogP contribution in [0.25, 0.3) is 5.95 Å². The van der Waals surface area contributed by atoms with E-state index >= 15 is 0 Å². The number of halogens is 1. The first-order chi connectivity index (χ1) is 13.0. The molecular weight excluding hydrogens is 351 g/mol. The lowest BCUT2D eigenvalue weighted by atomic mass is 10.1. The van der Waals surface area contributed by atoms with Gasteiger partial charge in [0.05, 0.1) is 11.6 Å². The van der Waals surface area contributed by atoms with Gasteiger partial charge in [-0.05, 0) is 37.6 Å². The molecular formula is C17H15FN8O. The van der Waals surface area contributed by atoms with Crippen molar-refractivity contribution in [2.45, 2.75) is 19.9 Å². The van der Waals surface area contributed by atoms with E-state index in [9.17, 15) is 9.18 Å². The van der Waals surface area contributed by atoms with Gasteiger partial charge in [-0.1, -0.05) is 0 Å². The average molecular weight is 366 g/mol. The number of aromatic nitrogens is 5. The molecule has 2 aromatic heterocycles. The van der Waals surface area contributed by atoms with Gasteiger partial charge in [0, 0.05) is 18.1 Å². The van der Waals surface area contributed by atoms with Gasteiger partial charge in [0.1, 0.15) is 18.2 Å². The molecule has 0 aliphatic carbocycles. The number of amides is 2. The molecule has 1 atom stereocenters. The number of benzene rings is 1. The van der Waals surface area contributed by atoms with Crippen molar-refractivity contribution in [3.8, 4) is 12.0 Å². The molecule has 3 aromatic rings. The van der Waals surface area contributed by atoms with Crippen molar-refractivity contribution in [2.24, 2.45) is 0 Å². The van der Waals surface area contributed by atoms with Gasteiger partial charge < -0.3 is 10.6 Å². The lowest BCUT2D eigenvalue weighted by Crippen LogP contribution is -2.33. The third-order valence-corrected chi connectivity index (χ3v) is 3.73. The monoisotopic (exact) mass is 366 g/mol. The van der Waals surface area contributed by atoms with Crippen molar-refractivity contribution in [3.63, 3.8) is 0 Å². The zero-order valence-corrected chi connectivity index (χ0v) is 14.5. The number of aryl methyl sites for hydroxylation is 1. The summed E-state index contributed by atoms with van der Waals surface area (Å²) in [4.78, 5) is 24.7. The summed E-state index contributed by atoms with van der Waals surface area (Å²) in [5.74, 6) is 0.127. The summed E-state index contributed by atoms with van der Waals surface area (Å²) in [5.41, 5.74) is 0.686. The topological polar surface area (TPSA) is 121 Å². The fourth-order valence-electron chi connectivity index (χ4n) is 2.41. The van der Waals surface area contributed by atoms with Gasteiger partial charge in [-0.15, -0.1) is 0 Å². The number of rotatable bonds is 4. The molecule has 2 amide bonds. The number of hydrogen-bond acceptors (Lipinski definition) is 6. The molecule has 0 aliphatic heterocycles. The normalized spacial score (nSPS) is 11.5. The lowest BCUT2D eigenvalue weighted by molar-refractivity contribution is 0.248. The molecule has 0 radical (unpaired) electrons. The van der Waals surface area contributed by atoms with Crippen LogP contribution in [0.15, 0.2) is 36.9 Å². The number of urea groups is 1. The number of carbonyl (C=O) groups is 1. The molecule has 2 heterocycles. The Kier molecular flexibility index (Phi) is 5.03. The highest BCUT2D eigenvalue weighted by atomic mass is 19.1. The van der Waals surface area contributed by atoms with Crippen molar-refractivity contribution in [1.82, 2.24) is 30.0 Å². The van der Waals surface area contributed by atoms with E-state index in [4.69, 9.17) is 5.26 Å². The molecule has 0 spiro atoms. The van der Waals surface area contributed by atoms with Crippen LogP contribution in [0, 0.1) is 24.1 Å². The Balaban J connectivity index is 1.75. The maximum absolute atomic E-state index is 13.6. The smallest absolute Gasteiger partial charge is 0.319 e. The van der Waals surface area contributed by atoms with Crippen LogP contribution in [0.3, 0.4) is 0 Å². The van der Waals surface area contributed by atoms with Gasteiger partial charge in [-0.25, -0.2) is 24.1 Å². The van der Waals surface area contributed by atoms with Crippen LogP contribution in [0.2, 0.25) is 0 Å². The first-order valence-electron chi connectivity index (χ1n) is 7.94. The van der Waals surface area contributed by atoms with Crippen LogP contribution in [-0.2, 0) is 0 Å². The molecule has 2 N–H and O–H groups in total. The number of nitriles is 1. The van der Waals surface area contributed by atoms with Crippen LogP contribution in [-0.4, -0.2) is 30.8 Å². The van der Waals surface area contributed by atoms with E-state index in [0.717, 1.165) is 0 Å². The Morgan fingerprint density at radius 3 is 2.74 bits per heavy atom. The zero-order chi connectivity index (χ0) is 19.4. The van der Waals surface area contributed by atoms with E-state index in [1.54, 1.807) is 38.4 Å². The summed E-state index contributed by atoms with van der Waals surface area (Å²) in [6.45, 7) is 3.36. The molecule has 136 valence electrons. The maximum Gasteiger partial charge on any atom is 0.319 e. The van der Waals surface area contributed by atoms with Gasteiger partial charge in [0.15, 0.2) is 5.82 Å². The van der Waals surface area contributed by atoms with Gasteiger partial charge in [-0.3, -0.25) is 0 Å². The molecule has 0 aliphatic rings. The van der Waals surface area contributed by atoms with E-state index in [1.165, 1.54) is 23.1 Å². The maximum atomic E-state index is 13.6. The number of nitrogens with zero attached hydrogens (tertiary/aromatic N) is 6. The molecule has 0 bridgehead atoms. The Bertz CT molecular complexity index is 1010. The van der Waals surface area contributed by atoms with Gasteiger partial charge in [0.25, 0.3) is 5.95 Å². The second kappa shape index (κ2) is 7.57. The zero-order valence-electron chi connectivity index (χ0n) is 14.5. The van der Waals surface area contributed by atoms with E-state index < -0.39 is 17.9 Å². The number of carbonyl (C=O) groups excluding carboxylic acids is 1. The lowest BCUT2D eigenvalue weighted by Gasteiger charge is -2.15. The summed E-state index contributed by atoms with van der Waals surface area (Å²) in [5, 5.41) is 18.3. The highest BCUT2D eigenvalue weighted by molar-refractivity contribution is 5.90. The Morgan fingerprint density at radius 1 is 1.30 bits per heavy atom. The van der Waals surface area contributed by atoms with Crippen LogP contribution in [0.4, 0.5) is 14.9 Å². The fraction of sp³-hybridized carbons (Fsp3) is 0.176. The van der Waals surface area contributed by atoms with Crippen molar-refractivity contribution >= 4 is 11.7 Å². The standard InChI is InChI=1S/C17H15FN8O/c1-10-6-13(18)12(8-19)7-14(10)25-17(27)24-11(2)15-22-9-23-26(15)16-20-4-3-5-21-16/h3-7,9,11H,1-2H3,(H2,24,25,27). The quantitative estimate of drug-likeness (QED) is 0.730. The van der Waals surface area contributed by atoms with Crippen LogP contribution in [0.1, 0.15) is 29.9 Å². The fourth-order valence-corrected chi connectivity index (χ4v) is 2.41. The molecule has 27 heavy (non-hydrogen) atoms. The first-order valence-corrected chi connectivity index (χ1v) is 7.94. The van der Waals surface area contributed by atoms with E-state index in [0.29, 0.717) is 23.0 Å². The Labute approximate surface area is 153 Å². The molecule has 3 rings (SSSR count). The van der Waals surface area contributed by atoms with E-state index in [1.807, 2.05) is 0 Å². The summed E-state index contributed by atoms with van der Waals surface area (Å²) in [6, 6.07) is 4.84. The van der Waals surface area contributed by atoms with Gasteiger partial charge in [-0.2, -0.15) is 15.0 Å². The van der Waals surface area contributed by atoms with E-state index in [-0.39, 0.29) is 5.56 Å². The largest absolute Gasteiger partial charge is 0.328 e. The summed E-state index contributed by atoms with van der Waals surface area (Å²) < 4.78 is 15.0. The predicted octanol–water partition coefficient (Wildman–Crippen LogP) is 2.26. The average Bonchev–Trinajstić information content (AvgIpc) is 3.14. The Hall–Kier alpha value is -3.87. The van der Waals surface area contributed by atoms with Gasteiger partial charge >= 0.3 is 6.03 Å². The molecule has 1 aromatic carbocycles. The molecule has 0 saturated carbocycles. The summed E-state index contributed by atoms with van der Waals surface area (Å²) in [7, 11) is 0. The van der Waals surface area contributed by atoms with Crippen molar-refractivity contribution in [2.75, 3.05) is 5.32 Å². The first kappa shape index (κ1) is 17.9. The third kappa shape index (κ3) is 3.87. The molecule has 1 unspecified atom stereocenters. The SMILES string of the molecule is Cc1cc(F)c(C#N)cc1NC(=O)NC(C)c1ncnn1-c1ncccn1. The minimum absolute atomic E-state index is 0.148. The van der Waals surface area contributed by atoms with Crippen LogP contribution >= 0.6 is 0 Å². The van der Waals surface area contributed by atoms with Gasteiger partial charge in [0.2, 0.25) is 0 Å². The molecule has 0 fully saturated rings. The number of hydrogen-bond donors (Lipinski definition) is 2. The van der Waals surface area contributed by atoms with Crippen molar-refractivity contribution < 1.29 is 9.18 Å². The van der Waals surface area contributed by atoms with Crippen molar-refractivity contribution in [3.05, 3.63) is 59.7 Å². The molecule has 10 heteroatoms. The third-order valence-electron chi connectivity index (χ3n) is 3.73. The Morgan fingerprint density at radius 2 is 2.04 bits per heavy atom. The van der Waals surface area contributed by atoms with Crippen molar-refractivity contribution in [1.29, 1.82) is 5.26 Å². The predicted molar refractivity (Wildman–Crippen MR) is 93.4 cm³/mol. The minimum Gasteiger partial charge on any atom is -0.328 e. The van der Waals surface area contributed by atoms with E-state index in [2.05, 4.69) is 30.7 Å². The summed E-state index contributed by atoms with van der Waals surface area (Å²) in [6.07, 6.45) is 4.48. The molecule has 0 saturated heterocycles. The minimum atomic E-state index is -0.634. The summed E-state index contributed by atoms with van der Waals surface area (Å²) >= 11 is 0. The molecule has 9 nitrogen and oxygen atoms in total. The number of anilines is 1.